The van der Waals surface area contributed by atoms with Crippen molar-refractivity contribution in [2.45, 2.75) is 70.4 Å². The van der Waals surface area contributed by atoms with E-state index in [-0.39, 0.29) is 0 Å². The monoisotopic (exact) mass is 303 g/mol. The molecule has 0 aromatic carbocycles. The Morgan fingerprint density at radius 3 is 2.62 bits per heavy atom. The molecule has 0 aliphatic carbocycles. The third kappa shape index (κ3) is 3.66. The molecule has 0 saturated carbocycles. The minimum Gasteiger partial charge on any atom is -0.444 e. The first kappa shape index (κ1) is 16.5. The molecule has 0 aromatic rings. The number of fused-ring (bicyclic) bond motifs is 2. The number of amides is 1. The molecule has 2 aliphatic heterocycles. The Morgan fingerprint density at radius 2 is 2.05 bits per heavy atom. The van der Waals surface area contributed by atoms with Gasteiger partial charge in [-0.3, -0.25) is 0 Å². The van der Waals surface area contributed by atoms with E-state index >= 15 is 0 Å². The summed E-state index contributed by atoms with van der Waals surface area (Å²) in [5, 5.41) is 12.6. The fourth-order valence-corrected chi connectivity index (χ4v) is 2.44. The van der Waals surface area contributed by atoms with Crippen LogP contribution in [-0.4, -0.2) is 53.7 Å². The maximum Gasteiger partial charge on any atom is 0.408 e. The number of rotatable bonds is 3. The number of nitrogens with one attached hydrogen (secondary N) is 1. The predicted octanol–water partition coefficient (Wildman–Crippen LogP) is 1.14. The summed E-state index contributed by atoms with van der Waals surface area (Å²) in [7, 11) is 0. The Hall–Kier alpha value is -0.890. The van der Waals surface area contributed by atoms with Gasteiger partial charge in [-0.05, 0) is 34.6 Å². The SMILES string of the molecule is CC(O)[C@H](NC(=O)OC(C)(C)C)C12OCCC(C)(CO1)O2. The van der Waals surface area contributed by atoms with Gasteiger partial charge < -0.3 is 29.4 Å². The van der Waals surface area contributed by atoms with Gasteiger partial charge in [0.05, 0.1) is 24.9 Å². The van der Waals surface area contributed by atoms with Crippen LogP contribution in [0.1, 0.15) is 41.0 Å². The van der Waals surface area contributed by atoms with E-state index in [1.54, 1.807) is 20.8 Å². The van der Waals surface area contributed by atoms with Gasteiger partial charge in [-0.15, -0.1) is 0 Å². The highest BCUT2D eigenvalue weighted by Crippen LogP contribution is 2.41. The first-order valence-corrected chi connectivity index (χ1v) is 7.21. The number of carbonyl (C=O) groups is 1. The Kier molecular flexibility index (Phi) is 4.23. The first-order valence-electron chi connectivity index (χ1n) is 7.21. The van der Waals surface area contributed by atoms with Gasteiger partial charge in [0.15, 0.2) is 0 Å². The average Bonchev–Trinajstić information content (AvgIpc) is 2.54. The Labute approximate surface area is 124 Å². The van der Waals surface area contributed by atoms with Crippen LogP contribution in [0.5, 0.6) is 0 Å². The quantitative estimate of drug-likeness (QED) is 0.813. The Bertz CT molecular complexity index is 407. The van der Waals surface area contributed by atoms with Crippen molar-refractivity contribution in [3.63, 3.8) is 0 Å². The molecule has 3 unspecified atom stereocenters. The topological polar surface area (TPSA) is 86.3 Å². The summed E-state index contributed by atoms with van der Waals surface area (Å²) in [5.74, 6) is -1.46. The molecule has 7 heteroatoms. The summed E-state index contributed by atoms with van der Waals surface area (Å²) < 4.78 is 22.3. The second-order valence-corrected chi connectivity index (χ2v) is 6.91. The number of aliphatic hydroxyl groups excluding tert-OH is 1. The highest BCUT2D eigenvalue weighted by Gasteiger charge is 2.59. The second kappa shape index (κ2) is 5.39. The maximum absolute atomic E-state index is 12.0. The van der Waals surface area contributed by atoms with Crippen molar-refractivity contribution in [1.29, 1.82) is 0 Å². The van der Waals surface area contributed by atoms with Crippen molar-refractivity contribution in [1.82, 2.24) is 5.32 Å². The number of aliphatic hydroxyl groups is 1. The van der Waals surface area contributed by atoms with Gasteiger partial charge in [-0.1, -0.05) is 0 Å². The minimum absolute atomic E-state index is 0.353. The van der Waals surface area contributed by atoms with Gasteiger partial charge in [0.2, 0.25) is 0 Å². The lowest BCUT2D eigenvalue weighted by molar-refractivity contribution is -0.384. The van der Waals surface area contributed by atoms with Crippen LogP contribution in [0.25, 0.3) is 0 Å². The number of ether oxygens (including phenoxy) is 4. The summed E-state index contributed by atoms with van der Waals surface area (Å²) in [6.07, 6.45) is -0.885. The zero-order chi connectivity index (χ0) is 15.9. The second-order valence-electron chi connectivity index (χ2n) is 6.91. The average molecular weight is 303 g/mol. The molecule has 2 aliphatic rings. The Balaban J connectivity index is 2.11. The van der Waals surface area contributed by atoms with Crippen molar-refractivity contribution in [2.24, 2.45) is 0 Å². The van der Waals surface area contributed by atoms with Crippen LogP contribution in [0.3, 0.4) is 0 Å². The van der Waals surface area contributed by atoms with E-state index in [2.05, 4.69) is 5.32 Å². The standard InChI is InChI=1S/C14H25NO6/c1-9(16)10(15-11(17)20-12(2,3)4)14-18-7-6-13(5,21-14)8-19-14/h9-10,16H,6-8H2,1-5H3,(H,15,17)/t9?,10-,13?,14?/m0/s1. The molecule has 7 nitrogen and oxygen atoms in total. The van der Waals surface area contributed by atoms with E-state index in [4.69, 9.17) is 18.9 Å². The van der Waals surface area contributed by atoms with E-state index < -0.39 is 35.4 Å². The molecular formula is C14H25NO6. The van der Waals surface area contributed by atoms with Crippen LogP contribution < -0.4 is 5.32 Å². The van der Waals surface area contributed by atoms with Crippen molar-refractivity contribution < 1.29 is 28.8 Å². The molecule has 0 aromatic heterocycles. The summed E-state index contributed by atoms with van der Waals surface area (Å²) in [6, 6.07) is -0.880. The van der Waals surface area contributed by atoms with Gasteiger partial charge in [0.25, 0.3) is 0 Å². The molecule has 2 heterocycles. The third-order valence-corrected chi connectivity index (χ3v) is 3.44. The zero-order valence-electron chi connectivity index (χ0n) is 13.3. The maximum atomic E-state index is 12.0. The number of alkyl carbamates (subject to hydrolysis) is 1. The van der Waals surface area contributed by atoms with Gasteiger partial charge >= 0.3 is 12.1 Å². The van der Waals surface area contributed by atoms with E-state index in [0.29, 0.717) is 19.6 Å². The molecule has 2 N–H and O–H groups in total. The Morgan fingerprint density at radius 1 is 1.38 bits per heavy atom. The largest absolute Gasteiger partial charge is 0.444 e. The highest BCUT2D eigenvalue weighted by molar-refractivity contribution is 5.68. The zero-order valence-corrected chi connectivity index (χ0v) is 13.3. The minimum atomic E-state index is -1.46. The van der Waals surface area contributed by atoms with Crippen molar-refractivity contribution in [3.8, 4) is 0 Å². The number of carbonyl (C=O) groups excluding carboxylic acids is 1. The lowest BCUT2D eigenvalue weighted by atomic mass is 10.0. The lowest BCUT2D eigenvalue weighted by Crippen LogP contribution is -2.62. The lowest BCUT2D eigenvalue weighted by Gasteiger charge is -2.41. The molecule has 21 heavy (non-hydrogen) atoms. The van der Waals surface area contributed by atoms with E-state index in [1.165, 1.54) is 6.92 Å². The molecule has 2 fully saturated rings. The predicted molar refractivity (Wildman–Crippen MR) is 73.6 cm³/mol. The number of hydrogen-bond acceptors (Lipinski definition) is 6. The van der Waals surface area contributed by atoms with Crippen LogP contribution in [0.2, 0.25) is 0 Å². The number of hydrogen-bond donors (Lipinski definition) is 2. The third-order valence-electron chi connectivity index (χ3n) is 3.44. The molecule has 2 rings (SSSR count). The van der Waals surface area contributed by atoms with Crippen molar-refractivity contribution in [3.05, 3.63) is 0 Å². The van der Waals surface area contributed by atoms with Crippen LogP contribution in [0.15, 0.2) is 0 Å². The smallest absolute Gasteiger partial charge is 0.408 e. The van der Waals surface area contributed by atoms with Crippen LogP contribution >= 0.6 is 0 Å². The summed E-state index contributed by atoms with van der Waals surface area (Å²) in [6.45, 7) is 9.54. The van der Waals surface area contributed by atoms with Gasteiger partial charge in [0, 0.05) is 6.42 Å². The van der Waals surface area contributed by atoms with E-state index in [9.17, 15) is 9.90 Å². The molecular weight excluding hydrogens is 278 g/mol. The molecule has 4 atom stereocenters. The fourth-order valence-electron chi connectivity index (χ4n) is 2.44. The molecule has 1 amide bonds. The van der Waals surface area contributed by atoms with Crippen LogP contribution in [0, 0.1) is 0 Å². The van der Waals surface area contributed by atoms with Crippen molar-refractivity contribution in [2.75, 3.05) is 13.2 Å². The van der Waals surface area contributed by atoms with Gasteiger partial charge in [-0.2, -0.15) is 0 Å². The van der Waals surface area contributed by atoms with Crippen LogP contribution in [-0.2, 0) is 18.9 Å². The van der Waals surface area contributed by atoms with Gasteiger partial charge in [-0.25, -0.2) is 4.79 Å². The summed E-state index contributed by atoms with van der Waals surface area (Å²) in [4.78, 5) is 12.0. The van der Waals surface area contributed by atoms with E-state index in [1.807, 2.05) is 6.92 Å². The normalized spacial score (nSPS) is 35.1. The summed E-state index contributed by atoms with van der Waals surface area (Å²) in [5.41, 5.74) is -1.09. The van der Waals surface area contributed by atoms with Crippen molar-refractivity contribution >= 4 is 6.09 Å². The molecule has 0 spiro atoms. The highest BCUT2D eigenvalue weighted by atomic mass is 16.9. The molecule has 0 radical (unpaired) electrons. The van der Waals surface area contributed by atoms with E-state index in [0.717, 1.165) is 0 Å². The van der Waals surface area contributed by atoms with Gasteiger partial charge in [0.1, 0.15) is 11.6 Å². The first-order chi connectivity index (χ1) is 9.55. The summed E-state index contributed by atoms with van der Waals surface area (Å²) >= 11 is 0. The molecule has 122 valence electrons. The van der Waals surface area contributed by atoms with Crippen LogP contribution in [0.4, 0.5) is 4.79 Å². The molecule has 2 saturated heterocycles. The fraction of sp³-hybridized carbons (Fsp3) is 0.929. The molecule has 2 bridgehead atoms.